The van der Waals surface area contributed by atoms with Crippen LogP contribution in [0.2, 0.25) is 0 Å². The lowest BCUT2D eigenvalue weighted by atomic mass is 9.95. The van der Waals surface area contributed by atoms with Crippen molar-refractivity contribution in [3.8, 4) is 0 Å². The Hall–Kier alpha value is -3.20. The molecule has 1 aliphatic heterocycles. The van der Waals surface area contributed by atoms with Crippen molar-refractivity contribution >= 4 is 22.5 Å². The zero-order chi connectivity index (χ0) is 27.3. The first kappa shape index (κ1) is 27.8. The minimum atomic E-state index is -4.51. The second-order valence-corrected chi connectivity index (χ2v) is 10.9. The Morgan fingerprint density at radius 1 is 0.921 bits per heavy atom. The van der Waals surface area contributed by atoms with E-state index in [0.717, 1.165) is 55.7 Å². The number of rotatable bonds is 7. The maximum Gasteiger partial charge on any atom is 0.433 e. The average molecular weight is 528 g/mol. The zero-order valence-corrected chi connectivity index (χ0v) is 22.3. The third-order valence-electron chi connectivity index (χ3n) is 6.78. The van der Waals surface area contributed by atoms with Crippen LogP contribution in [0.15, 0.2) is 48.5 Å². The third-order valence-corrected chi connectivity index (χ3v) is 6.78. The van der Waals surface area contributed by atoms with Crippen molar-refractivity contribution in [1.29, 1.82) is 0 Å². The number of carbonyl (C=O) groups is 1. The fourth-order valence-corrected chi connectivity index (χ4v) is 4.60. The molecule has 1 fully saturated rings. The van der Waals surface area contributed by atoms with E-state index in [0.29, 0.717) is 31.0 Å². The van der Waals surface area contributed by atoms with Crippen molar-refractivity contribution in [2.75, 3.05) is 44.2 Å². The number of aromatic nitrogens is 2. The molecule has 0 spiro atoms. The van der Waals surface area contributed by atoms with Gasteiger partial charge in [0, 0.05) is 43.2 Å². The van der Waals surface area contributed by atoms with Gasteiger partial charge in [0.2, 0.25) is 0 Å². The first-order chi connectivity index (χ1) is 18.0. The highest BCUT2D eigenvalue weighted by atomic mass is 19.4. The van der Waals surface area contributed by atoms with E-state index in [4.69, 9.17) is 0 Å². The lowest BCUT2D eigenvalue weighted by molar-refractivity contribution is -0.141. The summed E-state index contributed by atoms with van der Waals surface area (Å²) in [6.07, 6.45) is -1.89. The summed E-state index contributed by atoms with van der Waals surface area (Å²) in [4.78, 5) is 25.1. The molecule has 0 radical (unpaired) electrons. The maximum absolute atomic E-state index is 13.5. The van der Waals surface area contributed by atoms with Crippen LogP contribution < -0.4 is 10.2 Å². The molecule has 1 N–H and O–H groups in total. The number of nitrogens with one attached hydrogen (secondary N) is 1. The largest absolute Gasteiger partial charge is 0.433 e. The van der Waals surface area contributed by atoms with Gasteiger partial charge in [-0.3, -0.25) is 4.79 Å². The molecule has 0 bridgehead atoms. The number of amides is 1. The predicted molar refractivity (Wildman–Crippen MR) is 145 cm³/mol. The van der Waals surface area contributed by atoms with Crippen LogP contribution in [-0.4, -0.2) is 60.0 Å². The van der Waals surface area contributed by atoms with Gasteiger partial charge in [-0.25, -0.2) is 9.97 Å². The van der Waals surface area contributed by atoms with Crippen molar-refractivity contribution in [3.05, 3.63) is 65.6 Å². The van der Waals surface area contributed by atoms with Crippen molar-refractivity contribution in [2.45, 2.75) is 51.6 Å². The molecule has 4 rings (SSSR count). The first-order valence-corrected chi connectivity index (χ1v) is 13.2. The number of halogens is 3. The molecule has 2 aromatic carbocycles. The normalized spacial score (nSPS) is 15.5. The van der Waals surface area contributed by atoms with Gasteiger partial charge in [-0.05, 0) is 55.3 Å². The Labute approximate surface area is 222 Å². The van der Waals surface area contributed by atoms with Gasteiger partial charge in [0.15, 0.2) is 0 Å². The summed E-state index contributed by atoms with van der Waals surface area (Å²) < 4.78 is 40.5. The van der Waals surface area contributed by atoms with Crippen LogP contribution >= 0.6 is 0 Å². The predicted octanol–water partition coefficient (Wildman–Crippen LogP) is 5.67. The van der Waals surface area contributed by atoms with Crippen LogP contribution in [-0.2, 0) is 11.6 Å². The molecule has 1 aliphatic rings. The van der Waals surface area contributed by atoms with E-state index in [1.54, 1.807) is 0 Å². The highest BCUT2D eigenvalue weighted by molar-refractivity contribution is 5.98. The van der Waals surface area contributed by atoms with Crippen molar-refractivity contribution in [3.63, 3.8) is 0 Å². The monoisotopic (exact) mass is 527 g/mol. The van der Waals surface area contributed by atoms with Crippen molar-refractivity contribution in [1.82, 2.24) is 20.2 Å². The van der Waals surface area contributed by atoms with Gasteiger partial charge in [0.05, 0.1) is 0 Å². The number of fused-ring (bicyclic) bond motifs is 1. The first-order valence-electron chi connectivity index (χ1n) is 13.2. The van der Waals surface area contributed by atoms with Crippen LogP contribution in [0, 0.1) is 0 Å². The molecule has 0 unspecified atom stereocenters. The van der Waals surface area contributed by atoms with Crippen molar-refractivity contribution in [2.24, 2.45) is 0 Å². The number of carbonyl (C=O) groups excluding carboxylic acids is 1. The molecule has 38 heavy (non-hydrogen) atoms. The zero-order valence-electron chi connectivity index (χ0n) is 22.3. The quantitative estimate of drug-likeness (QED) is 0.402. The Morgan fingerprint density at radius 3 is 2.42 bits per heavy atom. The van der Waals surface area contributed by atoms with Gasteiger partial charge in [-0.1, -0.05) is 51.1 Å². The molecule has 0 saturated carbocycles. The molecule has 6 nitrogen and oxygen atoms in total. The molecule has 204 valence electrons. The summed E-state index contributed by atoms with van der Waals surface area (Å²) in [5.41, 5.74) is -0.818. The summed E-state index contributed by atoms with van der Waals surface area (Å²) in [7, 11) is 0. The van der Waals surface area contributed by atoms with Gasteiger partial charge in [-0.2, -0.15) is 13.2 Å². The van der Waals surface area contributed by atoms with Gasteiger partial charge in [-0.15, -0.1) is 0 Å². The smallest absolute Gasteiger partial charge is 0.355 e. The summed E-state index contributed by atoms with van der Waals surface area (Å²) >= 11 is 0. The number of nitrogens with zero attached hydrogens (tertiary/aromatic N) is 4. The average Bonchev–Trinajstić information content (AvgIpc) is 3.12. The van der Waals surface area contributed by atoms with Crippen LogP contribution in [0.25, 0.3) is 10.8 Å². The molecule has 9 heteroatoms. The van der Waals surface area contributed by atoms with E-state index in [9.17, 15) is 18.0 Å². The van der Waals surface area contributed by atoms with Crippen LogP contribution in [0.1, 0.15) is 61.9 Å². The Bertz CT molecular complexity index is 1220. The van der Waals surface area contributed by atoms with E-state index in [1.165, 1.54) is 0 Å². The number of hydrogen-bond acceptors (Lipinski definition) is 5. The van der Waals surface area contributed by atoms with Crippen LogP contribution in [0.4, 0.5) is 19.0 Å². The third kappa shape index (κ3) is 7.22. The molecular formula is C29H36F3N5O. The minimum absolute atomic E-state index is 0.0705. The fraction of sp³-hybridized carbons (Fsp3) is 0.483. The molecular weight excluding hydrogens is 491 g/mol. The summed E-state index contributed by atoms with van der Waals surface area (Å²) in [6, 6.07) is 14.8. The van der Waals surface area contributed by atoms with Gasteiger partial charge in [0.25, 0.3) is 5.91 Å². The molecule has 0 aliphatic carbocycles. The summed E-state index contributed by atoms with van der Waals surface area (Å²) in [5, 5.41) is 5.16. The molecule has 2 heterocycles. The molecule has 0 atom stereocenters. The van der Waals surface area contributed by atoms with Gasteiger partial charge >= 0.3 is 6.18 Å². The van der Waals surface area contributed by atoms with Crippen LogP contribution in [0.3, 0.4) is 0 Å². The van der Waals surface area contributed by atoms with E-state index >= 15 is 0 Å². The van der Waals surface area contributed by atoms with E-state index in [1.807, 2.05) is 68.1 Å². The standard InChI is InChI=1S/C29H36F3N5O/c1-28(2,3)27-34-24(29(30,31)32)20-25(35-27)37-16-8-15-36(17-18-37)14-7-6-13-33-26(38)23-12-11-21-9-4-5-10-22(21)19-23/h4-5,9-12,19-20H,6-8,13-18H2,1-3H3,(H,33,38). The fourth-order valence-electron chi connectivity index (χ4n) is 4.60. The second-order valence-electron chi connectivity index (χ2n) is 10.9. The summed E-state index contributed by atoms with van der Waals surface area (Å²) in [5.74, 6) is 0.475. The summed E-state index contributed by atoms with van der Waals surface area (Å²) in [6.45, 7) is 9.82. The number of benzene rings is 2. The minimum Gasteiger partial charge on any atom is -0.355 e. The molecule has 3 aromatic rings. The molecule has 1 saturated heterocycles. The number of alkyl halides is 3. The Kier molecular flexibility index (Phi) is 8.55. The Morgan fingerprint density at radius 2 is 1.68 bits per heavy atom. The number of anilines is 1. The second kappa shape index (κ2) is 11.7. The van der Waals surface area contributed by atoms with E-state index < -0.39 is 17.3 Å². The maximum atomic E-state index is 13.5. The van der Waals surface area contributed by atoms with Gasteiger partial charge < -0.3 is 15.1 Å². The Balaban J connectivity index is 1.25. The molecule has 1 aromatic heterocycles. The SMILES string of the molecule is CC(C)(C)c1nc(N2CCCN(CCCCNC(=O)c3ccc4ccccc4c3)CC2)cc(C(F)(F)F)n1. The van der Waals surface area contributed by atoms with Crippen LogP contribution in [0.5, 0.6) is 0 Å². The topological polar surface area (TPSA) is 61.4 Å². The van der Waals surface area contributed by atoms with E-state index in [2.05, 4.69) is 20.2 Å². The van der Waals surface area contributed by atoms with Gasteiger partial charge in [0.1, 0.15) is 17.3 Å². The lowest BCUT2D eigenvalue weighted by Crippen LogP contribution is -2.33. The highest BCUT2D eigenvalue weighted by Crippen LogP contribution is 2.32. The van der Waals surface area contributed by atoms with E-state index in [-0.39, 0.29) is 11.7 Å². The number of unbranched alkanes of at least 4 members (excludes halogenated alkanes) is 1. The van der Waals surface area contributed by atoms with Crippen molar-refractivity contribution < 1.29 is 18.0 Å². The number of hydrogen-bond donors (Lipinski definition) is 1. The highest BCUT2D eigenvalue weighted by Gasteiger charge is 2.35. The lowest BCUT2D eigenvalue weighted by Gasteiger charge is -2.26. The molecule has 1 amide bonds.